The van der Waals surface area contributed by atoms with E-state index in [0.717, 1.165) is 61.5 Å². The van der Waals surface area contributed by atoms with E-state index in [9.17, 15) is 0 Å². The van der Waals surface area contributed by atoms with Crippen molar-refractivity contribution in [2.45, 2.75) is 51.6 Å². The van der Waals surface area contributed by atoms with Crippen LogP contribution in [0.4, 0.5) is 5.82 Å². The zero-order chi connectivity index (χ0) is 21.7. The van der Waals surface area contributed by atoms with Gasteiger partial charge in [0.25, 0.3) is 0 Å². The second-order valence-corrected chi connectivity index (χ2v) is 11.2. The number of hydrogen-bond acceptors (Lipinski definition) is 5. The van der Waals surface area contributed by atoms with E-state index in [2.05, 4.69) is 61.5 Å². The Bertz CT molecular complexity index is 829. The molecule has 1 aromatic rings. The van der Waals surface area contributed by atoms with Crippen molar-refractivity contribution in [1.82, 2.24) is 25.2 Å². The lowest BCUT2D eigenvalue weighted by Gasteiger charge is -2.59. The van der Waals surface area contributed by atoms with E-state index >= 15 is 0 Å². The van der Waals surface area contributed by atoms with E-state index in [0.29, 0.717) is 11.6 Å². The second-order valence-electron chi connectivity index (χ2n) is 10.8. The molecule has 1 unspecified atom stereocenters. The van der Waals surface area contributed by atoms with Crippen molar-refractivity contribution in [3.8, 4) is 0 Å². The monoisotopic (exact) mass is 452 g/mol. The first-order chi connectivity index (χ1) is 15.6. The Kier molecular flexibility index (Phi) is 5.39. The molecule has 2 saturated heterocycles. The zero-order valence-corrected chi connectivity index (χ0v) is 20.0. The zero-order valence-electron chi connectivity index (χ0n) is 19.2. The molecule has 1 N–H and O–H groups in total. The second kappa shape index (κ2) is 8.26. The van der Waals surface area contributed by atoms with Crippen molar-refractivity contribution in [1.29, 1.82) is 0 Å². The van der Waals surface area contributed by atoms with Crippen molar-refractivity contribution in [2.75, 3.05) is 37.7 Å². The largest absolute Gasteiger partial charge is 0.354 e. The van der Waals surface area contributed by atoms with Gasteiger partial charge in [-0.1, -0.05) is 12.1 Å². The molecule has 1 aromatic heterocycles. The molecule has 4 aliphatic carbocycles. The number of piperazine rings is 1. The molecule has 4 saturated carbocycles. The minimum Gasteiger partial charge on any atom is -0.354 e. The fourth-order valence-electron chi connectivity index (χ4n) is 7.73. The Balaban J connectivity index is 1.14. The summed E-state index contributed by atoms with van der Waals surface area (Å²) in [5, 5.41) is 3.20. The van der Waals surface area contributed by atoms with Gasteiger partial charge in [-0.05, 0) is 87.6 Å². The number of anilines is 1. The number of rotatable bonds is 5. The minimum absolute atomic E-state index is 0.314. The molecule has 6 aliphatic rings. The predicted octanol–water partition coefficient (Wildman–Crippen LogP) is 3.64. The standard InChI is InChI=1S/C25H36N6S/c1-2-7-30-23(25-15-19-12-20(16-25)14-21(13-19)17-25)27-31(24(30)32)18-28-8-10-29(11-9-28)22-5-3-4-6-26-22/h2-7,19-21,23,27H,8-18H2,1H3/b7-2+. The van der Waals surface area contributed by atoms with Crippen LogP contribution in [0.25, 0.3) is 0 Å². The van der Waals surface area contributed by atoms with E-state index < -0.39 is 0 Å². The number of hydrazine groups is 1. The van der Waals surface area contributed by atoms with Gasteiger partial charge in [-0.2, -0.15) is 0 Å². The van der Waals surface area contributed by atoms with Gasteiger partial charge in [-0.3, -0.25) is 9.91 Å². The summed E-state index contributed by atoms with van der Waals surface area (Å²) in [4.78, 5) is 11.8. The number of aromatic nitrogens is 1. The summed E-state index contributed by atoms with van der Waals surface area (Å²) in [5.74, 6) is 3.91. The van der Waals surface area contributed by atoms with Crippen molar-refractivity contribution in [2.24, 2.45) is 23.2 Å². The summed E-state index contributed by atoms with van der Waals surface area (Å²) in [7, 11) is 0. The van der Waals surface area contributed by atoms with E-state index in [-0.39, 0.29) is 0 Å². The number of hydrogen-bond donors (Lipinski definition) is 1. The highest BCUT2D eigenvalue weighted by atomic mass is 32.1. The Hall–Kier alpha value is -1.70. The molecule has 3 heterocycles. The third-order valence-corrected chi connectivity index (χ3v) is 9.10. The van der Waals surface area contributed by atoms with Crippen molar-refractivity contribution >= 4 is 23.1 Å². The van der Waals surface area contributed by atoms with Crippen LogP contribution in [0, 0.1) is 23.2 Å². The first kappa shape index (κ1) is 20.9. The Morgan fingerprint density at radius 3 is 2.34 bits per heavy atom. The molecule has 7 heteroatoms. The van der Waals surface area contributed by atoms with Crippen molar-refractivity contribution in [3.63, 3.8) is 0 Å². The van der Waals surface area contributed by atoms with Crippen LogP contribution in [-0.2, 0) is 0 Å². The van der Waals surface area contributed by atoms with Crippen LogP contribution >= 0.6 is 12.2 Å². The first-order valence-electron chi connectivity index (χ1n) is 12.5. The fourth-order valence-corrected chi connectivity index (χ4v) is 8.01. The normalized spacial score (nSPS) is 37.3. The summed E-state index contributed by atoms with van der Waals surface area (Å²) >= 11 is 6.02. The number of nitrogens with zero attached hydrogens (tertiary/aromatic N) is 5. The smallest absolute Gasteiger partial charge is 0.192 e. The van der Waals surface area contributed by atoms with Crippen LogP contribution < -0.4 is 10.3 Å². The number of allylic oxidation sites excluding steroid dienone is 1. The highest BCUT2D eigenvalue weighted by Crippen LogP contribution is 2.62. The fraction of sp³-hybridized carbons (Fsp3) is 0.680. The number of pyridine rings is 1. The first-order valence-corrected chi connectivity index (χ1v) is 12.9. The van der Waals surface area contributed by atoms with E-state index in [1.807, 2.05) is 12.3 Å². The minimum atomic E-state index is 0.314. The average molecular weight is 453 g/mol. The van der Waals surface area contributed by atoms with E-state index in [1.54, 1.807) is 0 Å². The van der Waals surface area contributed by atoms with Gasteiger partial charge in [-0.15, -0.1) is 0 Å². The van der Waals surface area contributed by atoms with Crippen molar-refractivity contribution < 1.29 is 0 Å². The summed E-state index contributed by atoms with van der Waals surface area (Å²) in [6.07, 6.45) is 15.1. The summed E-state index contributed by atoms with van der Waals surface area (Å²) < 4.78 is 0. The van der Waals surface area contributed by atoms with Gasteiger partial charge in [0.1, 0.15) is 12.0 Å². The van der Waals surface area contributed by atoms with Crippen LogP contribution in [0.3, 0.4) is 0 Å². The van der Waals surface area contributed by atoms with Gasteiger partial charge in [0.2, 0.25) is 0 Å². The summed E-state index contributed by atoms with van der Waals surface area (Å²) in [6.45, 7) is 7.04. The molecule has 1 atom stereocenters. The van der Waals surface area contributed by atoms with Crippen LogP contribution in [0.2, 0.25) is 0 Å². The molecule has 6 fully saturated rings. The van der Waals surface area contributed by atoms with Crippen LogP contribution in [0.1, 0.15) is 45.4 Å². The molecule has 0 aromatic carbocycles. The van der Waals surface area contributed by atoms with Gasteiger partial charge in [-0.25, -0.2) is 10.4 Å². The lowest BCUT2D eigenvalue weighted by molar-refractivity contribution is -0.0934. The molecular weight excluding hydrogens is 416 g/mol. The molecule has 4 bridgehead atoms. The molecule has 172 valence electrons. The quantitative estimate of drug-likeness (QED) is 0.684. The lowest BCUT2D eigenvalue weighted by Crippen LogP contribution is -2.59. The SMILES string of the molecule is C/C=C/N1C(=S)N(CN2CCN(c3ccccn3)CC2)NC1C12CC3CC(CC(C3)C1)C2. The van der Waals surface area contributed by atoms with Crippen LogP contribution in [0.15, 0.2) is 36.7 Å². The predicted molar refractivity (Wildman–Crippen MR) is 132 cm³/mol. The Morgan fingerprint density at radius 2 is 1.75 bits per heavy atom. The molecule has 32 heavy (non-hydrogen) atoms. The molecular formula is C25H36N6S. The average Bonchev–Trinajstić information content (AvgIpc) is 3.10. The van der Waals surface area contributed by atoms with Crippen LogP contribution in [0.5, 0.6) is 0 Å². The van der Waals surface area contributed by atoms with E-state index in [4.69, 9.17) is 12.2 Å². The molecule has 0 spiro atoms. The van der Waals surface area contributed by atoms with Crippen LogP contribution in [-0.4, -0.2) is 63.9 Å². The molecule has 7 rings (SSSR count). The highest BCUT2D eigenvalue weighted by Gasteiger charge is 2.57. The maximum Gasteiger partial charge on any atom is 0.192 e. The van der Waals surface area contributed by atoms with Gasteiger partial charge in [0.15, 0.2) is 5.11 Å². The maximum atomic E-state index is 6.02. The molecule has 6 nitrogen and oxygen atoms in total. The topological polar surface area (TPSA) is 37.9 Å². The molecule has 0 radical (unpaired) electrons. The lowest BCUT2D eigenvalue weighted by atomic mass is 9.48. The van der Waals surface area contributed by atoms with Gasteiger partial charge < -0.3 is 9.80 Å². The number of nitrogens with one attached hydrogen (secondary N) is 1. The summed E-state index contributed by atoms with van der Waals surface area (Å²) in [6, 6.07) is 6.16. The molecule has 0 amide bonds. The Labute approximate surface area is 197 Å². The van der Waals surface area contributed by atoms with Gasteiger partial charge in [0, 0.05) is 44.0 Å². The van der Waals surface area contributed by atoms with Crippen molar-refractivity contribution in [3.05, 3.63) is 36.7 Å². The van der Waals surface area contributed by atoms with Gasteiger partial charge in [0.05, 0.1) is 6.67 Å². The van der Waals surface area contributed by atoms with Gasteiger partial charge >= 0.3 is 0 Å². The number of thiocarbonyl (C=S) groups is 1. The third-order valence-electron chi connectivity index (χ3n) is 8.67. The highest BCUT2D eigenvalue weighted by molar-refractivity contribution is 7.80. The van der Waals surface area contributed by atoms with E-state index in [1.165, 1.54) is 38.5 Å². The summed E-state index contributed by atoms with van der Waals surface area (Å²) in [5.41, 5.74) is 4.30. The Morgan fingerprint density at radius 1 is 1.06 bits per heavy atom. The third kappa shape index (κ3) is 3.62. The molecule has 2 aliphatic heterocycles. The maximum absolute atomic E-state index is 6.02.